The van der Waals surface area contributed by atoms with Gasteiger partial charge in [-0.1, -0.05) is 103 Å². The number of nitrogens with zero attached hydrogens (tertiary/aromatic N) is 3. The number of benzene rings is 9. The number of anilines is 5. The zero-order valence-corrected chi connectivity index (χ0v) is 34.8. The van der Waals surface area contributed by atoms with Gasteiger partial charge in [0.2, 0.25) is 0 Å². The molecule has 0 aliphatic carbocycles. The lowest BCUT2D eigenvalue weighted by Gasteiger charge is -2.25. The molecule has 2 aromatic heterocycles. The van der Waals surface area contributed by atoms with E-state index in [0.29, 0.717) is 33.2 Å². The minimum absolute atomic E-state index is 0.151. The van der Waals surface area contributed by atoms with Gasteiger partial charge in [-0.05, 0) is 120 Å². The minimum Gasteiger partial charge on any atom is -0.356 e. The number of hydrogen-bond acceptors (Lipinski definition) is 2. The summed E-state index contributed by atoms with van der Waals surface area (Å²) in [6, 6.07) is 62.6. The topological polar surface area (TPSA) is 25.1 Å². The third kappa shape index (κ3) is 7.07. The molecule has 0 fully saturated rings. The predicted molar refractivity (Wildman–Crippen MR) is 255 cm³/mol. The molecule has 0 radical (unpaired) electrons. The lowest BCUT2D eigenvalue weighted by Crippen LogP contribution is -2.12. The van der Waals surface area contributed by atoms with Crippen molar-refractivity contribution in [3.63, 3.8) is 0 Å². The molecule has 0 bridgehead atoms. The molecule has 9 aromatic carbocycles. The van der Waals surface area contributed by atoms with E-state index >= 15 is 26.3 Å². The standard InChI is InChI=1S/C56H36F6N4/c57-55(58,59)47-28-24-36(32-53(47)65-49-22-12-10-20-43(49)45-34-39(26-30-51(45)65)63-38-14-4-1-5-15-38)37-25-29-48(56(60,61)62)54(33-37)66-50-23-13-11-21-44(50)46-35-42(27-31-52(46)66)64(40-16-6-2-7-17-40)41-18-8-3-9-19-41/h1-35,63H. The van der Waals surface area contributed by atoms with Crippen LogP contribution < -0.4 is 10.2 Å². The summed E-state index contributed by atoms with van der Waals surface area (Å²) in [5.74, 6) is 0. The van der Waals surface area contributed by atoms with Crippen LogP contribution in [0.1, 0.15) is 11.1 Å². The van der Waals surface area contributed by atoms with Gasteiger partial charge in [-0.3, -0.25) is 0 Å². The molecule has 322 valence electrons. The summed E-state index contributed by atoms with van der Waals surface area (Å²) < 4.78 is 94.3. The van der Waals surface area contributed by atoms with Crippen LogP contribution in [0.2, 0.25) is 0 Å². The molecule has 0 aliphatic rings. The minimum atomic E-state index is -4.77. The fourth-order valence-electron chi connectivity index (χ4n) is 9.23. The van der Waals surface area contributed by atoms with Crippen molar-refractivity contribution in [2.75, 3.05) is 10.2 Å². The van der Waals surface area contributed by atoms with Gasteiger partial charge < -0.3 is 19.4 Å². The van der Waals surface area contributed by atoms with E-state index in [9.17, 15) is 0 Å². The number of halogens is 6. The lowest BCUT2D eigenvalue weighted by molar-refractivity contribution is -0.138. The van der Waals surface area contributed by atoms with Crippen LogP contribution in [0, 0.1) is 0 Å². The highest BCUT2D eigenvalue weighted by Gasteiger charge is 2.37. The molecule has 4 nitrogen and oxygen atoms in total. The summed E-state index contributed by atoms with van der Waals surface area (Å²) in [7, 11) is 0. The zero-order valence-electron chi connectivity index (χ0n) is 34.8. The van der Waals surface area contributed by atoms with Crippen LogP contribution in [0.25, 0.3) is 66.1 Å². The largest absolute Gasteiger partial charge is 0.418 e. The maximum absolute atomic E-state index is 15.2. The molecule has 0 saturated carbocycles. The van der Waals surface area contributed by atoms with E-state index in [1.54, 1.807) is 39.5 Å². The summed E-state index contributed by atoms with van der Waals surface area (Å²) >= 11 is 0. The SMILES string of the molecule is FC(F)(F)c1ccc(-c2ccc(C(F)(F)F)c(-n3c4ccccc4c4cc(N(c5ccccc5)c5ccccc5)ccc43)c2)cc1-n1c2ccccc2c2cc(Nc3ccccc3)ccc21. The first kappa shape index (κ1) is 40.5. The van der Waals surface area contributed by atoms with Crippen molar-refractivity contribution in [1.29, 1.82) is 0 Å². The Kier molecular flexibility index (Phi) is 9.69. The summed E-state index contributed by atoms with van der Waals surface area (Å²) in [5, 5.41) is 6.31. The monoisotopic (exact) mass is 878 g/mol. The average molecular weight is 879 g/mol. The number of para-hydroxylation sites is 5. The van der Waals surface area contributed by atoms with E-state index < -0.39 is 23.5 Å². The average Bonchev–Trinajstić information content (AvgIpc) is 3.84. The van der Waals surface area contributed by atoms with Crippen LogP contribution in [0.4, 0.5) is 54.8 Å². The fourth-order valence-corrected chi connectivity index (χ4v) is 9.23. The van der Waals surface area contributed by atoms with E-state index in [1.807, 2.05) is 146 Å². The van der Waals surface area contributed by atoms with Gasteiger partial charge in [-0.2, -0.15) is 26.3 Å². The maximum Gasteiger partial charge on any atom is 0.418 e. The van der Waals surface area contributed by atoms with Gasteiger partial charge in [0.1, 0.15) is 0 Å². The van der Waals surface area contributed by atoms with Crippen molar-refractivity contribution in [3.05, 3.63) is 223 Å². The van der Waals surface area contributed by atoms with Crippen molar-refractivity contribution < 1.29 is 26.3 Å². The lowest BCUT2D eigenvalue weighted by atomic mass is 9.99. The Morgan fingerprint density at radius 3 is 1.26 bits per heavy atom. The number of aromatic nitrogens is 2. The molecule has 0 atom stereocenters. The van der Waals surface area contributed by atoms with Gasteiger partial charge in [0.25, 0.3) is 0 Å². The van der Waals surface area contributed by atoms with Crippen LogP contribution in [0.15, 0.2) is 212 Å². The molecule has 11 rings (SSSR count). The van der Waals surface area contributed by atoms with Crippen molar-refractivity contribution in [2.24, 2.45) is 0 Å². The quantitative estimate of drug-likeness (QED) is 0.154. The van der Waals surface area contributed by atoms with Crippen molar-refractivity contribution in [3.8, 4) is 22.5 Å². The third-order valence-electron chi connectivity index (χ3n) is 12.1. The van der Waals surface area contributed by atoms with Gasteiger partial charge in [-0.25, -0.2) is 0 Å². The Hall–Kier alpha value is -8.24. The summed E-state index contributed by atoms with van der Waals surface area (Å²) in [6.45, 7) is 0. The number of hydrogen-bond donors (Lipinski definition) is 1. The van der Waals surface area contributed by atoms with Crippen molar-refractivity contribution in [1.82, 2.24) is 9.13 Å². The summed E-state index contributed by atoms with van der Waals surface area (Å²) in [5.41, 5.74) is 4.92. The van der Waals surface area contributed by atoms with Crippen molar-refractivity contribution in [2.45, 2.75) is 12.4 Å². The molecule has 0 unspecified atom stereocenters. The van der Waals surface area contributed by atoms with Crippen LogP contribution in [-0.4, -0.2) is 9.13 Å². The molecule has 0 saturated heterocycles. The Morgan fingerprint density at radius 2 is 0.758 bits per heavy atom. The second-order valence-corrected chi connectivity index (χ2v) is 16.1. The van der Waals surface area contributed by atoms with Gasteiger partial charge in [0, 0.05) is 50.0 Å². The molecule has 2 heterocycles. The van der Waals surface area contributed by atoms with Crippen LogP contribution in [0.5, 0.6) is 0 Å². The number of nitrogens with one attached hydrogen (secondary N) is 1. The molecule has 0 spiro atoms. The van der Waals surface area contributed by atoms with E-state index in [2.05, 4.69) is 10.2 Å². The summed E-state index contributed by atoms with van der Waals surface area (Å²) in [4.78, 5) is 2.09. The smallest absolute Gasteiger partial charge is 0.356 e. The van der Waals surface area contributed by atoms with Gasteiger partial charge in [-0.15, -0.1) is 0 Å². The number of rotatable bonds is 8. The first-order chi connectivity index (χ1) is 32.0. The number of fused-ring (bicyclic) bond motifs is 6. The summed E-state index contributed by atoms with van der Waals surface area (Å²) in [6.07, 6.45) is -9.53. The first-order valence-electron chi connectivity index (χ1n) is 21.2. The number of alkyl halides is 6. The fraction of sp³-hybridized carbons (Fsp3) is 0.0357. The van der Waals surface area contributed by atoms with Crippen LogP contribution in [0.3, 0.4) is 0 Å². The molecule has 11 aromatic rings. The predicted octanol–water partition coefficient (Wildman–Crippen LogP) is 16.8. The van der Waals surface area contributed by atoms with E-state index in [-0.39, 0.29) is 11.4 Å². The van der Waals surface area contributed by atoms with Gasteiger partial charge in [0.15, 0.2) is 0 Å². The highest BCUT2D eigenvalue weighted by atomic mass is 19.4. The molecular formula is C56H36F6N4. The highest BCUT2D eigenvalue weighted by molar-refractivity contribution is 6.12. The highest BCUT2D eigenvalue weighted by Crippen LogP contribution is 2.45. The Balaban J connectivity index is 1.10. The molecule has 0 amide bonds. The van der Waals surface area contributed by atoms with Crippen LogP contribution in [-0.2, 0) is 12.4 Å². The maximum atomic E-state index is 15.2. The second-order valence-electron chi connectivity index (χ2n) is 16.1. The van der Waals surface area contributed by atoms with E-state index in [0.717, 1.165) is 62.1 Å². The van der Waals surface area contributed by atoms with Gasteiger partial charge in [0.05, 0.1) is 44.6 Å². The Morgan fingerprint density at radius 1 is 0.333 bits per heavy atom. The first-order valence-corrected chi connectivity index (χ1v) is 21.2. The molecular weight excluding hydrogens is 843 g/mol. The molecule has 0 aliphatic heterocycles. The second kappa shape index (κ2) is 15.8. The van der Waals surface area contributed by atoms with Crippen LogP contribution >= 0.6 is 0 Å². The van der Waals surface area contributed by atoms with E-state index in [4.69, 9.17) is 0 Å². The molecule has 10 heteroatoms. The Bertz CT molecular complexity index is 3550. The Labute approximate surface area is 374 Å². The molecule has 1 N–H and O–H groups in total. The van der Waals surface area contributed by atoms with Gasteiger partial charge >= 0.3 is 12.4 Å². The third-order valence-corrected chi connectivity index (χ3v) is 12.1. The normalized spacial score (nSPS) is 12.1. The van der Waals surface area contributed by atoms with Crippen molar-refractivity contribution >= 4 is 72.0 Å². The zero-order chi connectivity index (χ0) is 45.2. The van der Waals surface area contributed by atoms with E-state index in [1.165, 1.54) is 24.3 Å². The molecule has 66 heavy (non-hydrogen) atoms.